The Morgan fingerprint density at radius 1 is 1.47 bits per heavy atom. The molecular formula is C12H16N6O. The van der Waals surface area contributed by atoms with Gasteiger partial charge < -0.3 is 10.3 Å². The van der Waals surface area contributed by atoms with E-state index in [4.69, 9.17) is 5.84 Å². The van der Waals surface area contributed by atoms with Gasteiger partial charge >= 0.3 is 0 Å². The minimum absolute atomic E-state index is 0.146. The SMILES string of the molecule is CN(Cc1cnn(C)c1)C(=O)c1ccc(NN)cn1. The van der Waals surface area contributed by atoms with Gasteiger partial charge in [-0.2, -0.15) is 5.10 Å². The van der Waals surface area contributed by atoms with Crippen molar-refractivity contribution in [3.05, 3.63) is 42.0 Å². The molecule has 2 aromatic rings. The quantitative estimate of drug-likeness (QED) is 0.612. The van der Waals surface area contributed by atoms with Crippen molar-refractivity contribution in [2.45, 2.75) is 6.54 Å². The lowest BCUT2D eigenvalue weighted by Crippen LogP contribution is -2.26. The zero-order valence-electron chi connectivity index (χ0n) is 10.9. The third kappa shape index (κ3) is 3.08. The summed E-state index contributed by atoms with van der Waals surface area (Å²) in [6.45, 7) is 0.491. The molecule has 0 aliphatic carbocycles. The van der Waals surface area contributed by atoms with E-state index in [2.05, 4.69) is 15.5 Å². The van der Waals surface area contributed by atoms with Crippen LogP contribution in [0, 0.1) is 0 Å². The molecule has 7 heteroatoms. The average Bonchev–Trinajstić information content (AvgIpc) is 2.83. The fourth-order valence-electron chi connectivity index (χ4n) is 1.70. The Morgan fingerprint density at radius 3 is 2.79 bits per heavy atom. The van der Waals surface area contributed by atoms with Gasteiger partial charge in [-0.3, -0.25) is 15.3 Å². The lowest BCUT2D eigenvalue weighted by atomic mass is 10.3. The van der Waals surface area contributed by atoms with Crippen molar-refractivity contribution in [1.82, 2.24) is 19.7 Å². The molecule has 0 saturated heterocycles. The maximum Gasteiger partial charge on any atom is 0.272 e. The van der Waals surface area contributed by atoms with Crippen molar-refractivity contribution in [3.8, 4) is 0 Å². The van der Waals surface area contributed by atoms with Gasteiger partial charge in [0.25, 0.3) is 5.91 Å². The minimum Gasteiger partial charge on any atom is -0.336 e. The van der Waals surface area contributed by atoms with E-state index in [1.807, 2.05) is 13.2 Å². The minimum atomic E-state index is -0.146. The number of pyridine rings is 1. The van der Waals surface area contributed by atoms with Crippen LogP contribution in [0.1, 0.15) is 16.1 Å². The van der Waals surface area contributed by atoms with Crippen molar-refractivity contribution in [2.24, 2.45) is 12.9 Å². The van der Waals surface area contributed by atoms with E-state index < -0.39 is 0 Å². The second-order valence-electron chi connectivity index (χ2n) is 4.26. The highest BCUT2D eigenvalue weighted by Crippen LogP contribution is 2.08. The average molecular weight is 260 g/mol. The first-order valence-corrected chi connectivity index (χ1v) is 5.76. The third-order valence-corrected chi connectivity index (χ3v) is 2.67. The van der Waals surface area contributed by atoms with E-state index >= 15 is 0 Å². The Labute approximate surface area is 111 Å². The highest BCUT2D eigenvalue weighted by molar-refractivity contribution is 5.92. The maximum atomic E-state index is 12.1. The number of aryl methyl sites for hydroxylation is 1. The summed E-state index contributed by atoms with van der Waals surface area (Å²) in [5.41, 5.74) is 4.48. The predicted molar refractivity (Wildman–Crippen MR) is 71.1 cm³/mol. The molecule has 0 fully saturated rings. The molecule has 100 valence electrons. The number of rotatable bonds is 4. The van der Waals surface area contributed by atoms with Gasteiger partial charge in [-0.05, 0) is 12.1 Å². The lowest BCUT2D eigenvalue weighted by Gasteiger charge is -2.15. The molecule has 0 bridgehead atoms. The molecule has 2 rings (SSSR count). The number of hydrogen-bond acceptors (Lipinski definition) is 5. The molecule has 0 aliphatic rings. The van der Waals surface area contributed by atoms with Gasteiger partial charge in [-0.1, -0.05) is 0 Å². The van der Waals surface area contributed by atoms with Crippen LogP contribution >= 0.6 is 0 Å². The molecule has 3 N–H and O–H groups in total. The van der Waals surface area contributed by atoms with Crippen molar-refractivity contribution >= 4 is 11.6 Å². The van der Waals surface area contributed by atoms with E-state index in [9.17, 15) is 4.79 Å². The van der Waals surface area contributed by atoms with E-state index in [1.54, 1.807) is 35.0 Å². The number of nitrogens with zero attached hydrogens (tertiary/aromatic N) is 4. The van der Waals surface area contributed by atoms with Crippen LogP contribution in [0.3, 0.4) is 0 Å². The molecule has 0 spiro atoms. The van der Waals surface area contributed by atoms with Crippen molar-refractivity contribution in [1.29, 1.82) is 0 Å². The third-order valence-electron chi connectivity index (χ3n) is 2.67. The second kappa shape index (κ2) is 5.49. The van der Waals surface area contributed by atoms with E-state index in [0.29, 0.717) is 17.9 Å². The number of nitrogens with two attached hydrogens (primary N) is 1. The summed E-state index contributed by atoms with van der Waals surface area (Å²) >= 11 is 0. The van der Waals surface area contributed by atoms with Gasteiger partial charge in [-0.15, -0.1) is 0 Å². The number of hydrogen-bond donors (Lipinski definition) is 2. The molecule has 0 saturated carbocycles. The number of nitrogen functional groups attached to an aromatic ring is 1. The summed E-state index contributed by atoms with van der Waals surface area (Å²) in [4.78, 5) is 17.8. The summed E-state index contributed by atoms with van der Waals surface area (Å²) in [6.07, 6.45) is 5.13. The van der Waals surface area contributed by atoms with Crippen LogP contribution in [-0.4, -0.2) is 32.6 Å². The van der Waals surface area contributed by atoms with Gasteiger partial charge in [0, 0.05) is 32.4 Å². The van der Waals surface area contributed by atoms with Crippen LogP contribution in [0.25, 0.3) is 0 Å². The van der Waals surface area contributed by atoms with Crippen LogP contribution in [0.15, 0.2) is 30.7 Å². The Bertz CT molecular complexity index is 562. The number of aromatic nitrogens is 3. The molecule has 19 heavy (non-hydrogen) atoms. The Hall–Kier alpha value is -2.41. The molecule has 0 aromatic carbocycles. The Morgan fingerprint density at radius 2 is 2.26 bits per heavy atom. The normalized spacial score (nSPS) is 10.3. The molecule has 0 unspecified atom stereocenters. The van der Waals surface area contributed by atoms with Crippen molar-refractivity contribution in [3.63, 3.8) is 0 Å². The lowest BCUT2D eigenvalue weighted by molar-refractivity contribution is 0.0779. The second-order valence-corrected chi connectivity index (χ2v) is 4.26. The maximum absolute atomic E-state index is 12.1. The first-order valence-electron chi connectivity index (χ1n) is 5.76. The van der Waals surface area contributed by atoms with Crippen LogP contribution < -0.4 is 11.3 Å². The van der Waals surface area contributed by atoms with Crippen LogP contribution in [-0.2, 0) is 13.6 Å². The summed E-state index contributed by atoms with van der Waals surface area (Å²) in [7, 11) is 3.57. The van der Waals surface area contributed by atoms with Crippen LogP contribution in [0.2, 0.25) is 0 Å². The van der Waals surface area contributed by atoms with E-state index in [0.717, 1.165) is 5.56 Å². The van der Waals surface area contributed by atoms with E-state index in [-0.39, 0.29) is 5.91 Å². The first-order chi connectivity index (χ1) is 9.10. The number of hydrazine groups is 1. The number of amides is 1. The predicted octanol–water partition coefficient (Wildman–Crippen LogP) is 0.373. The number of anilines is 1. The largest absolute Gasteiger partial charge is 0.336 e. The zero-order valence-corrected chi connectivity index (χ0v) is 10.9. The van der Waals surface area contributed by atoms with Crippen molar-refractivity contribution < 1.29 is 4.79 Å². The number of nitrogens with one attached hydrogen (secondary N) is 1. The van der Waals surface area contributed by atoms with Gasteiger partial charge in [-0.25, -0.2) is 4.98 Å². The molecule has 0 radical (unpaired) electrons. The number of carbonyl (C=O) groups excluding carboxylic acids is 1. The fraction of sp³-hybridized carbons (Fsp3) is 0.250. The Kier molecular flexibility index (Phi) is 3.76. The zero-order chi connectivity index (χ0) is 13.8. The smallest absolute Gasteiger partial charge is 0.272 e. The van der Waals surface area contributed by atoms with Crippen molar-refractivity contribution in [2.75, 3.05) is 12.5 Å². The monoisotopic (exact) mass is 260 g/mol. The molecular weight excluding hydrogens is 244 g/mol. The van der Waals surface area contributed by atoms with Gasteiger partial charge in [0.1, 0.15) is 5.69 Å². The Balaban J connectivity index is 2.05. The highest BCUT2D eigenvalue weighted by atomic mass is 16.2. The molecule has 0 aliphatic heterocycles. The molecule has 1 amide bonds. The van der Waals surface area contributed by atoms with Crippen LogP contribution in [0.5, 0.6) is 0 Å². The summed E-state index contributed by atoms with van der Waals surface area (Å²) < 4.78 is 1.70. The summed E-state index contributed by atoms with van der Waals surface area (Å²) in [5.74, 6) is 5.10. The molecule has 7 nitrogen and oxygen atoms in total. The summed E-state index contributed by atoms with van der Waals surface area (Å²) in [6, 6.07) is 3.34. The van der Waals surface area contributed by atoms with E-state index in [1.165, 1.54) is 6.20 Å². The highest BCUT2D eigenvalue weighted by Gasteiger charge is 2.13. The van der Waals surface area contributed by atoms with Crippen LogP contribution in [0.4, 0.5) is 5.69 Å². The molecule has 2 heterocycles. The topological polar surface area (TPSA) is 89.1 Å². The van der Waals surface area contributed by atoms with Gasteiger partial charge in [0.15, 0.2) is 0 Å². The van der Waals surface area contributed by atoms with Gasteiger partial charge in [0.05, 0.1) is 18.1 Å². The summed E-state index contributed by atoms with van der Waals surface area (Å²) in [5, 5.41) is 4.07. The molecule has 2 aromatic heterocycles. The molecule has 0 atom stereocenters. The van der Waals surface area contributed by atoms with Gasteiger partial charge in [0.2, 0.25) is 0 Å². The number of carbonyl (C=O) groups is 1. The fourth-order valence-corrected chi connectivity index (χ4v) is 1.70. The first kappa shape index (κ1) is 13.0. The standard InChI is InChI=1S/C12H16N6O/c1-17(7-9-5-15-18(2)8-9)12(19)11-4-3-10(16-13)6-14-11/h3-6,8,16H,7,13H2,1-2H3.